The van der Waals surface area contributed by atoms with Crippen molar-refractivity contribution in [3.8, 4) is 0 Å². The summed E-state index contributed by atoms with van der Waals surface area (Å²) in [6.07, 6.45) is 0. The standard InChI is InChI=1S/C8H11N3O.C2H6/c1-6-3-4-8(11-10-6)5-9-7(2)12;1-2/h3-4H,5H2,1-2H3,(H,9,12);1-2H3. The number of nitrogens with one attached hydrogen (secondary N) is 1. The summed E-state index contributed by atoms with van der Waals surface area (Å²) < 4.78 is 0. The van der Waals surface area contributed by atoms with Gasteiger partial charge in [0, 0.05) is 6.92 Å². The average molecular weight is 195 g/mol. The number of carbonyl (C=O) groups is 1. The second-order valence-corrected chi connectivity index (χ2v) is 2.58. The first kappa shape index (κ1) is 12.6. The van der Waals surface area contributed by atoms with E-state index in [0.29, 0.717) is 6.54 Å². The molecule has 78 valence electrons. The van der Waals surface area contributed by atoms with Crippen molar-refractivity contribution in [1.82, 2.24) is 15.5 Å². The topological polar surface area (TPSA) is 54.9 Å². The van der Waals surface area contributed by atoms with Crippen LogP contribution in [-0.2, 0) is 11.3 Å². The number of hydrogen-bond donors (Lipinski definition) is 1. The largest absolute Gasteiger partial charge is 0.351 e. The lowest BCUT2D eigenvalue weighted by molar-refractivity contribution is -0.119. The van der Waals surface area contributed by atoms with Gasteiger partial charge in [0.2, 0.25) is 5.91 Å². The highest BCUT2D eigenvalue weighted by Gasteiger charge is 1.95. The molecule has 0 saturated carbocycles. The molecular weight excluding hydrogens is 178 g/mol. The molecule has 0 radical (unpaired) electrons. The number of carbonyl (C=O) groups excluding carboxylic acids is 1. The molecule has 0 atom stereocenters. The van der Waals surface area contributed by atoms with E-state index in [1.165, 1.54) is 6.92 Å². The number of hydrogen-bond acceptors (Lipinski definition) is 3. The Hall–Kier alpha value is -1.45. The van der Waals surface area contributed by atoms with Gasteiger partial charge in [-0.25, -0.2) is 0 Å². The first-order valence-electron chi connectivity index (χ1n) is 4.72. The van der Waals surface area contributed by atoms with Gasteiger partial charge in [-0.3, -0.25) is 4.79 Å². The van der Waals surface area contributed by atoms with Crippen LogP contribution in [0.4, 0.5) is 0 Å². The fraction of sp³-hybridized carbons (Fsp3) is 0.500. The van der Waals surface area contributed by atoms with Crippen molar-refractivity contribution in [3.05, 3.63) is 23.5 Å². The van der Waals surface area contributed by atoms with Gasteiger partial charge in [-0.15, -0.1) is 0 Å². The predicted molar refractivity (Wildman–Crippen MR) is 55.6 cm³/mol. The van der Waals surface area contributed by atoms with Gasteiger partial charge in [-0.05, 0) is 19.1 Å². The molecule has 0 spiro atoms. The molecule has 4 nitrogen and oxygen atoms in total. The summed E-state index contributed by atoms with van der Waals surface area (Å²) >= 11 is 0. The fourth-order valence-electron chi connectivity index (χ4n) is 0.736. The Morgan fingerprint density at radius 2 is 2.00 bits per heavy atom. The van der Waals surface area contributed by atoms with E-state index in [1.54, 1.807) is 0 Å². The number of amides is 1. The fourth-order valence-corrected chi connectivity index (χ4v) is 0.736. The van der Waals surface area contributed by atoms with Gasteiger partial charge in [0.1, 0.15) is 0 Å². The zero-order chi connectivity index (χ0) is 11.0. The van der Waals surface area contributed by atoms with Crippen LogP contribution in [-0.4, -0.2) is 16.1 Å². The molecule has 0 aromatic carbocycles. The first-order valence-corrected chi connectivity index (χ1v) is 4.72. The van der Waals surface area contributed by atoms with Gasteiger partial charge in [0.15, 0.2) is 0 Å². The SMILES string of the molecule is CC.CC(=O)NCc1ccc(C)nn1. The molecule has 0 saturated heterocycles. The molecule has 0 unspecified atom stereocenters. The van der Waals surface area contributed by atoms with Crippen LogP contribution in [0.5, 0.6) is 0 Å². The second-order valence-electron chi connectivity index (χ2n) is 2.58. The van der Waals surface area contributed by atoms with Crippen LogP contribution < -0.4 is 5.32 Å². The van der Waals surface area contributed by atoms with Crippen LogP contribution in [0.15, 0.2) is 12.1 Å². The van der Waals surface area contributed by atoms with Gasteiger partial charge in [-0.1, -0.05) is 13.8 Å². The molecule has 14 heavy (non-hydrogen) atoms. The van der Waals surface area contributed by atoms with Crippen molar-refractivity contribution in [3.63, 3.8) is 0 Å². The van der Waals surface area contributed by atoms with Crippen LogP contribution in [0, 0.1) is 6.92 Å². The van der Waals surface area contributed by atoms with E-state index in [9.17, 15) is 4.79 Å². The third-order valence-corrected chi connectivity index (χ3v) is 1.37. The maximum absolute atomic E-state index is 10.5. The molecular formula is C10H17N3O. The summed E-state index contributed by atoms with van der Waals surface area (Å²) in [6, 6.07) is 3.71. The highest BCUT2D eigenvalue weighted by atomic mass is 16.1. The summed E-state index contributed by atoms with van der Waals surface area (Å²) in [5, 5.41) is 10.4. The lowest BCUT2D eigenvalue weighted by Crippen LogP contribution is -2.19. The van der Waals surface area contributed by atoms with Gasteiger partial charge in [-0.2, -0.15) is 10.2 Å². The smallest absolute Gasteiger partial charge is 0.217 e. The summed E-state index contributed by atoms with van der Waals surface area (Å²) in [5.74, 6) is -0.0580. The lowest BCUT2D eigenvalue weighted by atomic mass is 10.3. The Morgan fingerprint density at radius 3 is 2.43 bits per heavy atom. The highest BCUT2D eigenvalue weighted by Crippen LogP contribution is 1.93. The van der Waals surface area contributed by atoms with Gasteiger partial charge in [0.05, 0.1) is 17.9 Å². The quantitative estimate of drug-likeness (QED) is 0.777. The Bertz CT molecular complexity index is 269. The average Bonchev–Trinajstić information content (AvgIpc) is 2.20. The van der Waals surface area contributed by atoms with Crippen LogP contribution in [0.25, 0.3) is 0 Å². The molecule has 0 bridgehead atoms. The maximum Gasteiger partial charge on any atom is 0.217 e. The van der Waals surface area contributed by atoms with Crippen molar-refractivity contribution in [2.24, 2.45) is 0 Å². The van der Waals surface area contributed by atoms with E-state index in [1.807, 2.05) is 32.9 Å². The van der Waals surface area contributed by atoms with E-state index in [0.717, 1.165) is 11.4 Å². The van der Waals surface area contributed by atoms with Gasteiger partial charge >= 0.3 is 0 Å². The van der Waals surface area contributed by atoms with E-state index in [-0.39, 0.29) is 5.91 Å². The third-order valence-electron chi connectivity index (χ3n) is 1.37. The van der Waals surface area contributed by atoms with E-state index >= 15 is 0 Å². The minimum absolute atomic E-state index is 0.0580. The van der Waals surface area contributed by atoms with Crippen LogP contribution in [0.2, 0.25) is 0 Å². The van der Waals surface area contributed by atoms with Crippen molar-refractivity contribution in [2.45, 2.75) is 34.2 Å². The molecule has 0 aliphatic carbocycles. The second kappa shape index (κ2) is 7.00. The monoisotopic (exact) mass is 195 g/mol. The van der Waals surface area contributed by atoms with Crippen LogP contribution in [0.3, 0.4) is 0 Å². The normalized spacial score (nSPS) is 8.57. The zero-order valence-corrected chi connectivity index (χ0v) is 9.16. The minimum atomic E-state index is -0.0580. The predicted octanol–water partition coefficient (Wildman–Crippen LogP) is 1.45. The Kier molecular flexibility index (Phi) is 6.28. The van der Waals surface area contributed by atoms with Crippen molar-refractivity contribution >= 4 is 5.91 Å². The molecule has 1 N–H and O–H groups in total. The number of rotatable bonds is 2. The first-order chi connectivity index (χ1) is 6.68. The van der Waals surface area contributed by atoms with Crippen molar-refractivity contribution < 1.29 is 4.79 Å². The van der Waals surface area contributed by atoms with Crippen molar-refractivity contribution in [2.75, 3.05) is 0 Å². The Balaban J connectivity index is 0.000000791. The summed E-state index contributed by atoms with van der Waals surface area (Å²) in [7, 11) is 0. The highest BCUT2D eigenvalue weighted by molar-refractivity contribution is 5.72. The number of aromatic nitrogens is 2. The number of nitrogens with zero attached hydrogens (tertiary/aromatic N) is 2. The molecule has 1 rings (SSSR count). The molecule has 0 aliphatic heterocycles. The van der Waals surface area contributed by atoms with Crippen molar-refractivity contribution in [1.29, 1.82) is 0 Å². The van der Waals surface area contributed by atoms with E-state index in [4.69, 9.17) is 0 Å². The Labute approximate surface area is 84.7 Å². The van der Waals surface area contributed by atoms with E-state index in [2.05, 4.69) is 15.5 Å². The molecule has 1 heterocycles. The zero-order valence-electron chi connectivity index (χ0n) is 9.16. The molecule has 0 fully saturated rings. The van der Waals surface area contributed by atoms with Gasteiger partial charge < -0.3 is 5.32 Å². The summed E-state index contributed by atoms with van der Waals surface area (Å²) in [6.45, 7) is 7.79. The molecule has 1 amide bonds. The Morgan fingerprint density at radius 1 is 1.36 bits per heavy atom. The van der Waals surface area contributed by atoms with Gasteiger partial charge in [0.25, 0.3) is 0 Å². The summed E-state index contributed by atoms with van der Waals surface area (Å²) in [4.78, 5) is 10.5. The van der Waals surface area contributed by atoms with E-state index < -0.39 is 0 Å². The van der Waals surface area contributed by atoms with Crippen LogP contribution in [0.1, 0.15) is 32.2 Å². The third kappa shape index (κ3) is 5.24. The van der Waals surface area contributed by atoms with Crippen LogP contribution >= 0.6 is 0 Å². The minimum Gasteiger partial charge on any atom is -0.351 e. The summed E-state index contributed by atoms with van der Waals surface area (Å²) in [5.41, 5.74) is 1.65. The molecule has 1 aromatic rings. The molecule has 4 heteroatoms. The maximum atomic E-state index is 10.5. The number of aryl methyl sites for hydroxylation is 1. The lowest BCUT2D eigenvalue weighted by Gasteiger charge is -1.99. The molecule has 0 aliphatic rings. The molecule has 1 aromatic heterocycles.